The van der Waals surface area contributed by atoms with Crippen LogP contribution in [-0.2, 0) is 23.6 Å². The van der Waals surface area contributed by atoms with Gasteiger partial charge in [-0.15, -0.1) is 0 Å². The predicted octanol–water partition coefficient (Wildman–Crippen LogP) is 0.786. The summed E-state index contributed by atoms with van der Waals surface area (Å²) in [6.07, 6.45) is 2.51. The normalized spacial score (nSPS) is 16.3. The number of nitrogens with zero attached hydrogens (tertiary/aromatic N) is 4. The second-order valence-corrected chi connectivity index (χ2v) is 9.00. The van der Waals surface area contributed by atoms with Crippen LogP contribution in [0.3, 0.4) is 0 Å². The van der Waals surface area contributed by atoms with Gasteiger partial charge >= 0.3 is 5.69 Å². The minimum Gasteiger partial charge on any atom is -0.497 e. The summed E-state index contributed by atoms with van der Waals surface area (Å²) in [6.45, 7) is 1.18. The van der Waals surface area contributed by atoms with Crippen LogP contribution < -0.4 is 15.2 Å². The molecule has 10 heteroatoms. The number of hydrogen-bond acceptors (Lipinski definition) is 6. The fourth-order valence-corrected chi connectivity index (χ4v) is 4.41. The number of aromatic nitrogens is 3. The maximum atomic E-state index is 12.7. The minimum absolute atomic E-state index is 0.0526. The molecule has 0 spiro atoms. The van der Waals surface area contributed by atoms with E-state index in [1.54, 1.807) is 31.9 Å². The molecule has 3 rings (SSSR count). The van der Waals surface area contributed by atoms with Gasteiger partial charge in [0.25, 0.3) is 0 Å². The van der Waals surface area contributed by atoms with E-state index >= 15 is 0 Å². The van der Waals surface area contributed by atoms with E-state index in [0.717, 1.165) is 5.56 Å². The summed E-state index contributed by atoms with van der Waals surface area (Å²) in [5, 5.41) is 4.54. The Hall–Kier alpha value is -2.33. The van der Waals surface area contributed by atoms with Gasteiger partial charge in [-0.25, -0.2) is 22.2 Å². The quantitative estimate of drug-likeness (QED) is 0.699. The van der Waals surface area contributed by atoms with Crippen LogP contribution in [0.25, 0.3) is 0 Å². The third-order valence-electron chi connectivity index (χ3n) is 5.11. The molecule has 1 fully saturated rings. The number of hydrogen-bond donors (Lipinski definition) is 0. The zero-order valence-electron chi connectivity index (χ0n) is 16.6. The van der Waals surface area contributed by atoms with Gasteiger partial charge in [-0.2, -0.15) is 5.10 Å². The molecular formula is C18H26N4O5S. The number of sulfonamides is 1. The summed E-state index contributed by atoms with van der Waals surface area (Å²) in [6, 6.07) is 5.45. The van der Waals surface area contributed by atoms with Crippen LogP contribution in [0.5, 0.6) is 11.5 Å². The largest absolute Gasteiger partial charge is 0.497 e. The highest BCUT2D eigenvalue weighted by atomic mass is 32.2. The van der Waals surface area contributed by atoms with Crippen molar-refractivity contribution in [1.82, 2.24) is 18.7 Å². The maximum absolute atomic E-state index is 12.7. The molecule has 1 aliphatic heterocycles. The van der Waals surface area contributed by atoms with Crippen molar-refractivity contribution in [2.24, 2.45) is 7.05 Å². The first-order valence-corrected chi connectivity index (χ1v) is 10.9. The summed E-state index contributed by atoms with van der Waals surface area (Å²) in [5.41, 5.74) is 0.636. The van der Waals surface area contributed by atoms with Crippen LogP contribution in [0.2, 0.25) is 0 Å². The van der Waals surface area contributed by atoms with Gasteiger partial charge in [0.1, 0.15) is 17.3 Å². The second-order valence-electron chi connectivity index (χ2n) is 7.01. The van der Waals surface area contributed by atoms with Crippen molar-refractivity contribution >= 4 is 10.0 Å². The van der Waals surface area contributed by atoms with E-state index in [9.17, 15) is 13.2 Å². The molecule has 0 aliphatic carbocycles. The average molecular weight is 410 g/mol. The van der Waals surface area contributed by atoms with Gasteiger partial charge in [0.05, 0.1) is 27.0 Å². The maximum Gasteiger partial charge on any atom is 0.345 e. The van der Waals surface area contributed by atoms with Crippen molar-refractivity contribution in [3.05, 3.63) is 40.1 Å². The van der Waals surface area contributed by atoms with Crippen LogP contribution in [0.1, 0.15) is 30.1 Å². The summed E-state index contributed by atoms with van der Waals surface area (Å²) in [4.78, 5) is 12.7. The predicted molar refractivity (Wildman–Crippen MR) is 105 cm³/mol. The van der Waals surface area contributed by atoms with Crippen LogP contribution in [-0.4, -0.2) is 60.6 Å². The lowest BCUT2D eigenvalue weighted by Crippen LogP contribution is -2.37. The number of benzene rings is 1. The number of ether oxygens (including phenoxy) is 2. The monoisotopic (exact) mass is 410 g/mol. The van der Waals surface area contributed by atoms with E-state index in [2.05, 4.69) is 5.10 Å². The molecule has 154 valence electrons. The highest BCUT2D eigenvalue weighted by molar-refractivity contribution is 7.88. The zero-order valence-corrected chi connectivity index (χ0v) is 17.4. The summed E-state index contributed by atoms with van der Waals surface area (Å²) >= 11 is 0. The molecule has 28 heavy (non-hydrogen) atoms. The topological polar surface area (TPSA) is 95.7 Å². The highest BCUT2D eigenvalue weighted by Crippen LogP contribution is 2.27. The molecule has 0 bridgehead atoms. The van der Waals surface area contributed by atoms with Crippen LogP contribution in [0.15, 0.2) is 23.0 Å². The number of rotatable bonds is 6. The van der Waals surface area contributed by atoms with Crippen LogP contribution >= 0.6 is 0 Å². The molecule has 2 heterocycles. The average Bonchev–Trinajstić information content (AvgIpc) is 2.95. The zero-order chi connectivity index (χ0) is 20.5. The molecule has 0 amide bonds. The Morgan fingerprint density at radius 2 is 1.68 bits per heavy atom. The molecule has 0 atom stereocenters. The van der Waals surface area contributed by atoms with Gasteiger partial charge in [0.2, 0.25) is 10.0 Å². The lowest BCUT2D eigenvalue weighted by Gasteiger charge is -2.29. The molecule has 1 aliphatic rings. The van der Waals surface area contributed by atoms with Crippen molar-refractivity contribution in [2.75, 3.05) is 33.6 Å². The molecule has 1 saturated heterocycles. The smallest absolute Gasteiger partial charge is 0.345 e. The van der Waals surface area contributed by atoms with E-state index in [1.165, 1.54) is 15.2 Å². The minimum atomic E-state index is -3.18. The molecular weight excluding hydrogens is 384 g/mol. The molecule has 0 saturated carbocycles. The van der Waals surface area contributed by atoms with E-state index in [1.807, 2.05) is 12.1 Å². The third-order valence-corrected chi connectivity index (χ3v) is 6.41. The molecule has 0 unspecified atom stereocenters. The van der Waals surface area contributed by atoms with Crippen molar-refractivity contribution in [1.29, 1.82) is 0 Å². The van der Waals surface area contributed by atoms with Crippen LogP contribution in [0.4, 0.5) is 0 Å². The highest BCUT2D eigenvalue weighted by Gasteiger charge is 2.29. The van der Waals surface area contributed by atoms with Gasteiger partial charge in [0.15, 0.2) is 0 Å². The van der Waals surface area contributed by atoms with E-state index in [-0.39, 0.29) is 11.6 Å². The molecule has 2 aromatic rings. The van der Waals surface area contributed by atoms with Gasteiger partial charge in [0, 0.05) is 32.1 Å². The lowest BCUT2D eigenvalue weighted by atomic mass is 9.97. The van der Waals surface area contributed by atoms with Gasteiger partial charge < -0.3 is 9.47 Å². The van der Waals surface area contributed by atoms with Crippen molar-refractivity contribution in [3.8, 4) is 11.5 Å². The summed E-state index contributed by atoms with van der Waals surface area (Å²) < 4.78 is 38.4. The van der Waals surface area contributed by atoms with Crippen molar-refractivity contribution in [2.45, 2.75) is 25.3 Å². The fourth-order valence-electron chi connectivity index (χ4n) is 3.54. The lowest BCUT2D eigenvalue weighted by molar-refractivity contribution is 0.311. The molecule has 1 aromatic heterocycles. The first-order chi connectivity index (χ1) is 13.2. The summed E-state index contributed by atoms with van der Waals surface area (Å²) in [5.74, 6) is 2.03. The molecule has 9 nitrogen and oxygen atoms in total. The van der Waals surface area contributed by atoms with Gasteiger partial charge in [-0.05, 0) is 30.5 Å². The molecule has 0 N–H and O–H groups in total. The number of piperidine rings is 1. The Morgan fingerprint density at radius 1 is 1.11 bits per heavy atom. The van der Waals surface area contributed by atoms with Crippen molar-refractivity contribution < 1.29 is 17.9 Å². The Morgan fingerprint density at radius 3 is 2.18 bits per heavy atom. The van der Waals surface area contributed by atoms with E-state index in [0.29, 0.717) is 49.8 Å². The van der Waals surface area contributed by atoms with Crippen molar-refractivity contribution in [3.63, 3.8) is 0 Å². The van der Waals surface area contributed by atoms with E-state index in [4.69, 9.17) is 9.47 Å². The Kier molecular flexibility index (Phi) is 5.80. The summed E-state index contributed by atoms with van der Waals surface area (Å²) in [7, 11) is 1.67. The first-order valence-electron chi connectivity index (χ1n) is 9.03. The van der Waals surface area contributed by atoms with Crippen LogP contribution in [0, 0.1) is 0 Å². The first kappa shape index (κ1) is 20.4. The molecule has 1 aromatic carbocycles. The van der Waals surface area contributed by atoms with E-state index < -0.39 is 10.0 Å². The Bertz CT molecular complexity index is 981. The van der Waals surface area contributed by atoms with Gasteiger partial charge in [-0.3, -0.25) is 4.57 Å². The number of methoxy groups -OCH3 is 2. The SMILES string of the molecule is COc1cc(Cn2nc(C3CCN(S(C)(=O)=O)CC3)n(C)c2=O)cc(OC)c1. The van der Waals surface area contributed by atoms with Gasteiger partial charge in [-0.1, -0.05) is 0 Å². The molecule has 0 radical (unpaired) electrons. The third kappa shape index (κ3) is 4.22. The standard InChI is InChI=1S/C18H26N4O5S/c1-20-17(14-5-7-21(8-6-14)28(4,24)25)19-22(18(20)23)12-13-9-15(26-2)11-16(10-13)27-3/h9-11,14H,5-8,12H2,1-4H3. The Balaban J connectivity index is 1.82. The fraction of sp³-hybridized carbons (Fsp3) is 0.556. The second kappa shape index (κ2) is 7.96. The Labute approximate surface area is 164 Å².